The van der Waals surface area contributed by atoms with Crippen molar-refractivity contribution in [3.63, 3.8) is 0 Å². The summed E-state index contributed by atoms with van der Waals surface area (Å²) in [5.74, 6) is 6.09. The molecule has 0 saturated heterocycles. The number of methoxy groups -OCH3 is 1. The highest BCUT2D eigenvalue weighted by molar-refractivity contribution is 5.65. The molecule has 6 heteroatoms. The molecule has 2 rings (SSSR count). The van der Waals surface area contributed by atoms with Crippen LogP contribution in [0.15, 0.2) is 48.5 Å². The van der Waals surface area contributed by atoms with E-state index in [9.17, 15) is 13.2 Å². The van der Waals surface area contributed by atoms with Gasteiger partial charge in [0, 0.05) is 13.5 Å². The van der Waals surface area contributed by atoms with E-state index in [0.29, 0.717) is 5.56 Å². The number of halogens is 3. The first kappa shape index (κ1) is 17.3. The second kappa shape index (κ2) is 7.02. The van der Waals surface area contributed by atoms with Crippen molar-refractivity contribution in [1.29, 1.82) is 0 Å². The Morgan fingerprint density at radius 3 is 2.30 bits per heavy atom. The fourth-order valence-corrected chi connectivity index (χ4v) is 2.39. The van der Waals surface area contributed by atoms with E-state index in [1.54, 1.807) is 18.2 Å². The van der Waals surface area contributed by atoms with Crippen LogP contribution >= 0.6 is 0 Å². The fraction of sp³-hybridized carbons (Fsp3) is 0.294. The predicted octanol–water partition coefficient (Wildman–Crippen LogP) is 4.13. The number of alkyl halides is 3. The van der Waals surface area contributed by atoms with Crippen LogP contribution in [0.5, 0.6) is 0 Å². The van der Waals surface area contributed by atoms with Crippen molar-refractivity contribution in [3.05, 3.63) is 59.7 Å². The lowest BCUT2D eigenvalue weighted by molar-refractivity contribution is -0.212. The molecule has 23 heavy (non-hydrogen) atoms. The van der Waals surface area contributed by atoms with Crippen molar-refractivity contribution in [3.8, 4) is 0 Å². The number of benzene rings is 2. The highest BCUT2D eigenvalue weighted by Gasteiger charge is 2.39. The third-order valence-electron chi connectivity index (χ3n) is 3.63. The van der Waals surface area contributed by atoms with E-state index in [1.807, 2.05) is 37.3 Å². The second-order valence-electron chi connectivity index (χ2n) is 5.30. The lowest BCUT2D eigenvalue weighted by atomic mass is 10.0. The number of para-hydroxylation sites is 1. The quantitative estimate of drug-likeness (QED) is 0.664. The van der Waals surface area contributed by atoms with Crippen LogP contribution < -0.4 is 10.9 Å². The number of anilines is 2. The van der Waals surface area contributed by atoms with E-state index in [1.165, 1.54) is 5.01 Å². The van der Waals surface area contributed by atoms with E-state index < -0.39 is 12.3 Å². The van der Waals surface area contributed by atoms with E-state index in [0.717, 1.165) is 24.0 Å². The molecule has 3 nitrogen and oxygen atoms in total. The molecular weight excluding hydrogens is 305 g/mol. The van der Waals surface area contributed by atoms with Gasteiger partial charge in [0.25, 0.3) is 0 Å². The highest BCUT2D eigenvalue weighted by atomic mass is 19.4. The maximum Gasteiger partial charge on any atom is 0.414 e. The van der Waals surface area contributed by atoms with Crippen molar-refractivity contribution in [2.45, 2.75) is 25.6 Å². The summed E-state index contributed by atoms with van der Waals surface area (Å²) in [4.78, 5) is 0. The molecule has 0 aliphatic carbocycles. The molecule has 0 radical (unpaired) electrons. The Morgan fingerprint density at radius 1 is 1.13 bits per heavy atom. The third kappa shape index (κ3) is 4.24. The summed E-state index contributed by atoms with van der Waals surface area (Å²) in [5, 5.41) is 1.51. The van der Waals surface area contributed by atoms with Crippen LogP contribution in [0.4, 0.5) is 24.5 Å². The number of hydrogen-bond donors (Lipinski definition) is 1. The van der Waals surface area contributed by atoms with Crippen molar-refractivity contribution in [1.82, 2.24) is 0 Å². The Hall–Kier alpha value is -2.05. The summed E-state index contributed by atoms with van der Waals surface area (Å²) >= 11 is 0. The zero-order valence-electron chi connectivity index (χ0n) is 13.0. The number of ether oxygens (including phenoxy) is 1. The first-order valence-corrected chi connectivity index (χ1v) is 7.12. The van der Waals surface area contributed by atoms with Crippen molar-refractivity contribution in [2.75, 3.05) is 12.1 Å². The SMILES string of the molecule is COC(Cc1ccc(N(N)c2ccccc2)c(C)c1)C(F)(F)F. The number of nitrogens with zero attached hydrogens (tertiary/aromatic N) is 1. The minimum Gasteiger partial charge on any atom is -0.372 e. The zero-order valence-corrected chi connectivity index (χ0v) is 13.0. The Bertz CT molecular complexity index is 644. The molecular formula is C17H19F3N2O. The van der Waals surface area contributed by atoms with Crippen molar-refractivity contribution >= 4 is 11.4 Å². The van der Waals surface area contributed by atoms with E-state index in [-0.39, 0.29) is 6.42 Å². The number of hydrazine groups is 1. The van der Waals surface area contributed by atoms with Gasteiger partial charge in [-0.15, -0.1) is 0 Å². The average molecular weight is 324 g/mol. The largest absolute Gasteiger partial charge is 0.414 e. The molecule has 0 saturated carbocycles. The number of rotatable bonds is 5. The van der Waals surface area contributed by atoms with Crippen LogP contribution in [0, 0.1) is 6.92 Å². The number of hydrogen-bond acceptors (Lipinski definition) is 3. The van der Waals surface area contributed by atoms with Gasteiger partial charge in [0.05, 0.1) is 11.4 Å². The third-order valence-corrected chi connectivity index (χ3v) is 3.63. The summed E-state index contributed by atoms with van der Waals surface area (Å²) in [6.45, 7) is 1.82. The molecule has 2 aromatic carbocycles. The second-order valence-corrected chi connectivity index (χ2v) is 5.30. The van der Waals surface area contributed by atoms with Gasteiger partial charge in [-0.1, -0.05) is 30.3 Å². The molecule has 0 aliphatic rings. The molecule has 0 aromatic heterocycles. The predicted molar refractivity (Wildman–Crippen MR) is 84.5 cm³/mol. The van der Waals surface area contributed by atoms with Gasteiger partial charge in [-0.25, -0.2) is 5.84 Å². The zero-order chi connectivity index (χ0) is 17.0. The molecule has 1 atom stereocenters. The van der Waals surface area contributed by atoms with Gasteiger partial charge >= 0.3 is 6.18 Å². The van der Waals surface area contributed by atoms with Gasteiger partial charge in [-0.2, -0.15) is 13.2 Å². The summed E-state index contributed by atoms with van der Waals surface area (Å²) < 4.78 is 42.9. The lowest BCUT2D eigenvalue weighted by Gasteiger charge is -2.22. The smallest absolute Gasteiger partial charge is 0.372 e. The standard InChI is InChI=1S/C17H19F3N2O/c1-12-10-13(11-16(23-2)17(18,19)20)8-9-15(12)22(21)14-6-4-3-5-7-14/h3-10,16H,11,21H2,1-2H3. The first-order valence-electron chi connectivity index (χ1n) is 7.12. The fourth-order valence-electron chi connectivity index (χ4n) is 2.39. The Balaban J connectivity index is 2.21. The van der Waals surface area contributed by atoms with E-state index >= 15 is 0 Å². The summed E-state index contributed by atoms with van der Waals surface area (Å²) in [5.41, 5.74) is 2.89. The molecule has 124 valence electrons. The molecule has 0 spiro atoms. The lowest BCUT2D eigenvalue weighted by Crippen LogP contribution is -2.32. The Labute approximate surface area is 133 Å². The van der Waals surface area contributed by atoms with Crippen LogP contribution in [0.25, 0.3) is 0 Å². The molecule has 0 fully saturated rings. The molecule has 0 amide bonds. The van der Waals surface area contributed by atoms with Gasteiger partial charge in [0.1, 0.15) is 0 Å². The first-order chi connectivity index (χ1) is 10.8. The monoisotopic (exact) mass is 324 g/mol. The van der Waals surface area contributed by atoms with E-state index in [4.69, 9.17) is 5.84 Å². The normalized spacial score (nSPS) is 13.0. The minimum atomic E-state index is -4.38. The molecule has 1 unspecified atom stereocenters. The summed E-state index contributed by atoms with van der Waals surface area (Å²) in [6, 6.07) is 14.4. The number of aryl methyl sites for hydroxylation is 1. The Kier molecular flexibility index (Phi) is 5.28. The topological polar surface area (TPSA) is 38.5 Å². The van der Waals surface area contributed by atoms with Gasteiger partial charge in [-0.05, 0) is 36.2 Å². The van der Waals surface area contributed by atoms with Crippen molar-refractivity contribution in [2.24, 2.45) is 5.84 Å². The molecule has 0 heterocycles. The van der Waals surface area contributed by atoms with Crippen LogP contribution in [-0.2, 0) is 11.2 Å². The summed E-state index contributed by atoms with van der Waals surface area (Å²) in [7, 11) is 1.07. The minimum absolute atomic E-state index is 0.225. The van der Waals surface area contributed by atoms with Gasteiger partial charge in [-0.3, -0.25) is 5.01 Å². The maximum absolute atomic E-state index is 12.8. The van der Waals surface area contributed by atoms with Crippen LogP contribution in [0.2, 0.25) is 0 Å². The molecule has 2 aromatic rings. The number of nitrogens with two attached hydrogens (primary N) is 1. The van der Waals surface area contributed by atoms with Crippen LogP contribution in [0.3, 0.4) is 0 Å². The van der Waals surface area contributed by atoms with Crippen LogP contribution in [-0.4, -0.2) is 19.4 Å². The van der Waals surface area contributed by atoms with Crippen LogP contribution in [0.1, 0.15) is 11.1 Å². The molecule has 2 N–H and O–H groups in total. The Morgan fingerprint density at radius 2 is 1.78 bits per heavy atom. The van der Waals surface area contributed by atoms with Gasteiger partial charge < -0.3 is 4.74 Å². The molecule has 0 aliphatic heterocycles. The van der Waals surface area contributed by atoms with E-state index in [2.05, 4.69) is 4.74 Å². The van der Waals surface area contributed by atoms with Gasteiger partial charge in [0.2, 0.25) is 0 Å². The highest BCUT2D eigenvalue weighted by Crippen LogP contribution is 2.29. The summed E-state index contributed by atoms with van der Waals surface area (Å²) in [6.07, 6.45) is -6.42. The van der Waals surface area contributed by atoms with Crippen molar-refractivity contribution < 1.29 is 17.9 Å². The van der Waals surface area contributed by atoms with Gasteiger partial charge in [0.15, 0.2) is 6.10 Å². The average Bonchev–Trinajstić information content (AvgIpc) is 2.52. The molecule has 0 bridgehead atoms. The maximum atomic E-state index is 12.8.